The van der Waals surface area contributed by atoms with Gasteiger partial charge in [0, 0.05) is 30.2 Å². The summed E-state index contributed by atoms with van der Waals surface area (Å²) in [6, 6.07) is 3.96. The fourth-order valence-corrected chi connectivity index (χ4v) is 2.78. The van der Waals surface area contributed by atoms with Crippen molar-refractivity contribution in [2.45, 2.75) is 0 Å². The molecule has 1 aromatic rings. The summed E-state index contributed by atoms with van der Waals surface area (Å²) in [5.41, 5.74) is 0.728. The minimum absolute atomic E-state index is 0.193. The van der Waals surface area contributed by atoms with Gasteiger partial charge >= 0.3 is 0 Å². The monoisotopic (exact) mass is 279 g/mol. The highest BCUT2D eigenvalue weighted by Gasteiger charge is 2.20. The van der Waals surface area contributed by atoms with Gasteiger partial charge in [0.2, 0.25) is 0 Å². The minimum Gasteiger partial charge on any atom is -0.384 e. The summed E-state index contributed by atoms with van der Waals surface area (Å²) in [5, 5.41) is 8.71. The summed E-state index contributed by atoms with van der Waals surface area (Å²) in [4.78, 5) is 14.1. The maximum atomic E-state index is 13.3. The molecule has 1 amide bonds. The molecule has 1 fully saturated rings. The Morgan fingerprint density at radius 2 is 2.16 bits per heavy atom. The quantitative estimate of drug-likeness (QED) is 0.789. The number of halogens is 1. The molecule has 1 saturated heterocycles. The van der Waals surface area contributed by atoms with Crippen molar-refractivity contribution in [3.05, 3.63) is 35.1 Å². The number of hydrogen-bond acceptors (Lipinski definition) is 3. The Balaban J connectivity index is 2.30. The average molecular weight is 279 g/mol. The number of rotatable bonds is 1. The molecule has 100 valence electrons. The molecule has 0 unspecified atom stereocenters. The summed E-state index contributed by atoms with van der Waals surface area (Å²) in [5.74, 6) is 6.34. The van der Waals surface area contributed by atoms with Gasteiger partial charge in [-0.15, -0.1) is 0 Å². The number of aliphatic hydroxyl groups excluding tert-OH is 1. The molecule has 0 saturated carbocycles. The second-order valence-electron chi connectivity index (χ2n) is 4.05. The highest BCUT2D eigenvalue weighted by molar-refractivity contribution is 7.99. The molecule has 0 atom stereocenters. The standard InChI is InChI=1S/C14H14FNO2S/c15-12-4-3-11(2-1-7-17)13(10-12)14(18)16-5-8-19-9-6-16/h3-4,10,17H,5-9H2. The Hall–Kier alpha value is -1.51. The smallest absolute Gasteiger partial charge is 0.255 e. The van der Waals surface area contributed by atoms with Crippen molar-refractivity contribution >= 4 is 17.7 Å². The molecule has 1 aliphatic rings. The van der Waals surface area contributed by atoms with Crippen LogP contribution in [0.3, 0.4) is 0 Å². The van der Waals surface area contributed by atoms with Crippen LogP contribution in [0.4, 0.5) is 4.39 Å². The molecule has 5 heteroatoms. The van der Waals surface area contributed by atoms with Crippen LogP contribution in [0.15, 0.2) is 18.2 Å². The molecule has 1 aromatic carbocycles. The van der Waals surface area contributed by atoms with Gasteiger partial charge in [-0.1, -0.05) is 11.8 Å². The van der Waals surface area contributed by atoms with Crippen LogP contribution in [0.2, 0.25) is 0 Å². The molecule has 0 bridgehead atoms. The number of benzene rings is 1. The lowest BCUT2D eigenvalue weighted by Crippen LogP contribution is -2.38. The SMILES string of the molecule is O=C(c1cc(F)ccc1C#CCO)N1CCSCC1. The molecule has 0 spiro atoms. The lowest BCUT2D eigenvalue weighted by molar-refractivity contribution is 0.0771. The molecular formula is C14H14FNO2S. The van der Waals surface area contributed by atoms with Gasteiger partial charge in [-0.05, 0) is 18.2 Å². The van der Waals surface area contributed by atoms with Crippen LogP contribution in [0.1, 0.15) is 15.9 Å². The first-order valence-electron chi connectivity index (χ1n) is 5.98. The molecular weight excluding hydrogens is 265 g/mol. The van der Waals surface area contributed by atoms with Gasteiger partial charge in [0.25, 0.3) is 5.91 Å². The number of carbonyl (C=O) groups is 1. The van der Waals surface area contributed by atoms with Crippen molar-refractivity contribution in [1.29, 1.82) is 0 Å². The number of carbonyl (C=O) groups excluding carboxylic acids is 1. The number of amides is 1. The van der Waals surface area contributed by atoms with E-state index in [9.17, 15) is 9.18 Å². The normalized spacial score (nSPS) is 14.7. The van der Waals surface area contributed by atoms with E-state index >= 15 is 0 Å². The zero-order valence-electron chi connectivity index (χ0n) is 10.4. The van der Waals surface area contributed by atoms with Crippen molar-refractivity contribution in [2.75, 3.05) is 31.2 Å². The van der Waals surface area contributed by atoms with Crippen LogP contribution < -0.4 is 0 Å². The van der Waals surface area contributed by atoms with Gasteiger partial charge in [-0.2, -0.15) is 11.8 Å². The van der Waals surface area contributed by atoms with E-state index in [1.165, 1.54) is 18.2 Å². The van der Waals surface area contributed by atoms with Crippen molar-refractivity contribution in [3.8, 4) is 11.8 Å². The van der Waals surface area contributed by atoms with Crippen LogP contribution in [-0.4, -0.2) is 47.1 Å². The number of nitrogens with zero attached hydrogens (tertiary/aromatic N) is 1. The Bertz CT molecular complexity index is 530. The summed E-state index contributed by atoms with van der Waals surface area (Å²) >= 11 is 1.80. The molecule has 2 rings (SSSR count). The van der Waals surface area contributed by atoms with Crippen molar-refractivity contribution in [2.24, 2.45) is 0 Å². The highest BCUT2D eigenvalue weighted by atomic mass is 32.2. The number of aliphatic hydroxyl groups is 1. The summed E-state index contributed by atoms with van der Waals surface area (Å²) in [6.45, 7) is 1.06. The van der Waals surface area contributed by atoms with E-state index in [-0.39, 0.29) is 18.1 Å². The predicted octanol–water partition coefficient (Wildman–Crippen LogP) is 1.36. The zero-order valence-corrected chi connectivity index (χ0v) is 11.2. The number of thioether (sulfide) groups is 1. The summed E-state index contributed by atoms with van der Waals surface area (Å²) in [6.07, 6.45) is 0. The number of hydrogen-bond donors (Lipinski definition) is 1. The fraction of sp³-hybridized carbons (Fsp3) is 0.357. The summed E-state index contributed by atoms with van der Waals surface area (Å²) < 4.78 is 13.3. The van der Waals surface area contributed by atoms with Crippen LogP contribution in [0.5, 0.6) is 0 Å². The largest absolute Gasteiger partial charge is 0.384 e. The van der Waals surface area contributed by atoms with Gasteiger partial charge in [0.15, 0.2) is 0 Å². The third-order valence-electron chi connectivity index (χ3n) is 2.81. The fourth-order valence-electron chi connectivity index (χ4n) is 1.87. The summed E-state index contributed by atoms with van der Waals surface area (Å²) in [7, 11) is 0. The van der Waals surface area contributed by atoms with Crippen LogP contribution in [0, 0.1) is 17.7 Å². The Kier molecular flexibility index (Phi) is 4.83. The Morgan fingerprint density at radius 1 is 1.42 bits per heavy atom. The second-order valence-corrected chi connectivity index (χ2v) is 5.28. The van der Waals surface area contributed by atoms with E-state index in [4.69, 9.17) is 5.11 Å². The van der Waals surface area contributed by atoms with Gasteiger partial charge in [-0.3, -0.25) is 4.79 Å². The van der Waals surface area contributed by atoms with Crippen LogP contribution in [-0.2, 0) is 0 Å². The van der Waals surface area contributed by atoms with E-state index in [0.717, 1.165) is 11.5 Å². The van der Waals surface area contributed by atoms with Crippen molar-refractivity contribution in [1.82, 2.24) is 4.90 Å². The first-order chi connectivity index (χ1) is 9.22. The van der Waals surface area contributed by atoms with E-state index < -0.39 is 5.82 Å². The van der Waals surface area contributed by atoms with Crippen molar-refractivity contribution in [3.63, 3.8) is 0 Å². The molecule has 19 heavy (non-hydrogen) atoms. The van der Waals surface area contributed by atoms with Crippen molar-refractivity contribution < 1.29 is 14.3 Å². The van der Waals surface area contributed by atoms with Gasteiger partial charge in [0.1, 0.15) is 12.4 Å². The first kappa shape index (κ1) is 13.9. The maximum absolute atomic E-state index is 13.3. The van der Waals surface area contributed by atoms with E-state index in [1.54, 1.807) is 16.7 Å². The molecule has 1 heterocycles. The van der Waals surface area contributed by atoms with Crippen LogP contribution >= 0.6 is 11.8 Å². The van der Waals surface area contributed by atoms with E-state index in [0.29, 0.717) is 18.7 Å². The minimum atomic E-state index is -0.454. The highest BCUT2D eigenvalue weighted by Crippen LogP contribution is 2.17. The lowest BCUT2D eigenvalue weighted by atomic mass is 10.1. The van der Waals surface area contributed by atoms with Gasteiger partial charge in [0.05, 0.1) is 5.56 Å². The van der Waals surface area contributed by atoms with Gasteiger partial charge in [-0.25, -0.2) is 4.39 Å². The lowest BCUT2D eigenvalue weighted by Gasteiger charge is -2.26. The molecule has 1 N–H and O–H groups in total. The Morgan fingerprint density at radius 3 is 2.84 bits per heavy atom. The second kappa shape index (κ2) is 6.60. The van der Waals surface area contributed by atoms with Gasteiger partial charge < -0.3 is 10.0 Å². The average Bonchev–Trinajstić information content (AvgIpc) is 2.46. The van der Waals surface area contributed by atoms with E-state index in [2.05, 4.69) is 11.8 Å². The van der Waals surface area contributed by atoms with Crippen LogP contribution in [0.25, 0.3) is 0 Å². The third kappa shape index (κ3) is 3.49. The molecule has 3 nitrogen and oxygen atoms in total. The first-order valence-corrected chi connectivity index (χ1v) is 7.14. The maximum Gasteiger partial charge on any atom is 0.255 e. The third-order valence-corrected chi connectivity index (χ3v) is 3.75. The van der Waals surface area contributed by atoms with E-state index in [1.807, 2.05) is 0 Å². The zero-order chi connectivity index (χ0) is 13.7. The topological polar surface area (TPSA) is 40.5 Å². The molecule has 0 radical (unpaired) electrons. The molecule has 0 aliphatic carbocycles. The molecule has 0 aromatic heterocycles. The molecule has 1 aliphatic heterocycles. The predicted molar refractivity (Wildman–Crippen MR) is 73.6 cm³/mol. The Labute approximate surface area is 115 Å².